The average Bonchev–Trinajstić information content (AvgIpc) is 3.04. The van der Waals surface area contributed by atoms with Crippen molar-refractivity contribution < 1.29 is 9.32 Å². The molecule has 2 heterocycles. The van der Waals surface area contributed by atoms with Crippen LogP contribution in [0, 0.1) is 12.3 Å². The van der Waals surface area contributed by atoms with E-state index >= 15 is 0 Å². The molecule has 3 rings (SSSR count). The Kier molecular flexibility index (Phi) is 6.02. The summed E-state index contributed by atoms with van der Waals surface area (Å²) in [4.78, 5) is 12.4. The zero-order valence-electron chi connectivity index (χ0n) is 14.1. The summed E-state index contributed by atoms with van der Waals surface area (Å²) >= 11 is 0. The van der Waals surface area contributed by atoms with Crippen molar-refractivity contribution in [1.29, 1.82) is 0 Å². The van der Waals surface area contributed by atoms with Crippen LogP contribution in [-0.2, 0) is 11.2 Å². The second-order valence-corrected chi connectivity index (χ2v) is 6.36. The maximum Gasteiger partial charge on any atom is 0.227 e. The molecule has 2 aromatic rings. The van der Waals surface area contributed by atoms with E-state index in [0.717, 1.165) is 36.4 Å². The van der Waals surface area contributed by atoms with Crippen molar-refractivity contribution in [2.45, 2.75) is 26.2 Å². The lowest BCUT2D eigenvalue weighted by Crippen LogP contribution is -2.51. The summed E-state index contributed by atoms with van der Waals surface area (Å²) in [5, 5.41) is 10.3. The van der Waals surface area contributed by atoms with Gasteiger partial charge in [-0.15, -0.1) is 12.4 Å². The monoisotopic (exact) mass is 349 g/mol. The van der Waals surface area contributed by atoms with Crippen molar-refractivity contribution in [2.75, 3.05) is 20.1 Å². The van der Waals surface area contributed by atoms with Gasteiger partial charge in [-0.1, -0.05) is 35.0 Å². The number of hydrogen-bond acceptors (Lipinski definition) is 4. The molecule has 1 fully saturated rings. The summed E-state index contributed by atoms with van der Waals surface area (Å²) in [6, 6.07) is 10.1. The van der Waals surface area contributed by atoms with Crippen LogP contribution in [0.2, 0.25) is 0 Å². The molecule has 24 heavy (non-hydrogen) atoms. The number of hydrogen-bond donors (Lipinski definition) is 2. The van der Waals surface area contributed by atoms with Crippen LogP contribution in [-0.4, -0.2) is 31.2 Å². The fourth-order valence-electron chi connectivity index (χ4n) is 3.25. The van der Waals surface area contributed by atoms with Crippen molar-refractivity contribution in [1.82, 2.24) is 15.8 Å². The Bertz CT molecular complexity index is 676. The van der Waals surface area contributed by atoms with Gasteiger partial charge in [0.1, 0.15) is 11.5 Å². The fraction of sp³-hybridized carbons (Fsp3) is 0.444. The van der Waals surface area contributed by atoms with Gasteiger partial charge < -0.3 is 15.2 Å². The van der Waals surface area contributed by atoms with E-state index < -0.39 is 5.41 Å². The van der Waals surface area contributed by atoms with Gasteiger partial charge in [-0.2, -0.15) is 0 Å². The van der Waals surface area contributed by atoms with Gasteiger partial charge in [0.25, 0.3) is 0 Å². The van der Waals surface area contributed by atoms with Gasteiger partial charge in [0, 0.05) is 31.6 Å². The Morgan fingerprint density at radius 3 is 2.75 bits per heavy atom. The number of aromatic nitrogens is 1. The summed E-state index contributed by atoms with van der Waals surface area (Å²) in [6.07, 6.45) is 2.42. The van der Waals surface area contributed by atoms with Crippen LogP contribution in [0.25, 0.3) is 11.3 Å². The number of halogens is 1. The molecule has 5 nitrogen and oxygen atoms in total. The number of benzene rings is 1. The van der Waals surface area contributed by atoms with E-state index in [1.807, 2.05) is 18.2 Å². The van der Waals surface area contributed by atoms with Crippen molar-refractivity contribution in [3.63, 3.8) is 0 Å². The van der Waals surface area contributed by atoms with E-state index in [4.69, 9.17) is 4.52 Å². The van der Waals surface area contributed by atoms with Crippen molar-refractivity contribution in [3.05, 3.63) is 41.7 Å². The minimum atomic E-state index is -0.447. The third-order valence-corrected chi connectivity index (χ3v) is 4.60. The molecule has 1 amide bonds. The first-order valence-electron chi connectivity index (χ1n) is 8.08. The summed E-state index contributed by atoms with van der Waals surface area (Å²) in [7, 11) is 1.69. The summed E-state index contributed by atoms with van der Waals surface area (Å²) in [6.45, 7) is 3.69. The van der Waals surface area contributed by atoms with Gasteiger partial charge >= 0.3 is 0 Å². The standard InChI is InChI=1S/C18H23N3O2.ClH/c1-13-4-6-14(7-5-13)16-10-15(23-21-16)11-18(17(22)19-2)8-3-9-20-12-18;/h4-7,10,20H,3,8-9,11-12H2,1-2H3,(H,19,22);1H. The summed E-state index contributed by atoms with van der Waals surface area (Å²) in [5.74, 6) is 0.825. The van der Waals surface area contributed by atoms with E-state index in [2.05, 4.69) is 34.8 Å². The molecule has 0 saturated carbocycles. The zero-order chi connectivity index (χ0) is 16.3. The van der Waals surface area contributed by atoms with Crippen LogP contribution in [0.3, 0.4) is 0 Å². The van der Waals surface area contributed by atoms with E-state index in [1.165, 1.54) is 5.56 Å². The first-order chi connectivity index (χ1) is 11.1. The number of nitrogens with one attached hydrogen (secondary N) is 2. The van der Waals surface area contributed by atoms with Crippen molar-refractivity contribution in [3.8, 4) is 11.3 Å². The highest BCUT2D eigenvalue weighted by molar-refractivity contribution is 5.85. The quantitative estimate of drug-likeness (QED) is 0.890. The average molecular weight is 350 g/mol. The molecule has 2 N–H and O–H groups in total. The third kappa shape index (κ3) is 3.79. The highest BCUT2D eigenvalue weighted by atomic mass is 35.5. The number of piperidine rings is 1. The highest BCUT2D eigenvalue weighted by Crippen LogP contribution is 2.32. The van der Waals surface area contributed by atoms with Gasteiger partial charge in [-0.3, -0.25) is 4.79 Å². The van der Waals surface area contributed by atoms with Gasteiger partial charge in [0.05, 0.1) is 5.41 Å². The van der Waals surface area contributed by atoms with Gasteiger partial charge in [-0.05, 0) is 26.3 Å². The Labute approximate surface area is 148 Å². The molecule has 6 heteroatoms. The fourth-order valence-corrected chi connectivity index (χ4v) is 3.25. The largest absolute Gasteiger partial charge is 0.361 e. The smallest absolute Gasteiger partial charge is 0.227 e. The lowest BCUT2D eigenvalue weighted by Gasteiger charge is -2.35. The minimum absolute atomic E-state index is 0. The van der Waals surface area contributed by atoms with E-state index in [0.29, 0.717) is 13.0 Å². The number of aryl methyl sites for hydroxylation is 1. The van der Waals surface area contributed by atoms with Crippen LogP contribution in [0.4, 0.5) is 0 Å². The van der Waals surface area contributed by atoms with Gasteiger partial charge in [0.15, 0.2) is 0 Å². The third-order valence-electron chi connectivity index (χ3n) is 4.60. The Morgan fingerprint density at radius 2 is 2.12 bits per heavy atom. The van der Waals surface area contributed by atoms with Gasteiger partial charge in [-0.25, -0.2) is 0 Å². The summed E-state index contributed by atoms with van der Waals surface area (Å²) < 4.78 is 5.51. The van der Waals surface area contributed by atoms with E-state index in [1.54, 1.807) is 7.05 Å². The highest BCUT2D eigenvalue weighted by Gasteiger charge is 2.40. The zero-order valence-corrected chi connectivity index (χ0v) is 14.9. The molecule has 1 aliphatic rings. The van der Waals surface area contributed by atoms with Crippen LogP contribution >= 0.6 is 12.4 Å². The topological polar surface area (TPSA) is 67.2 Å². The number of rotatable bonds is 4. The van der Waals surface area contributed by atoms with Crippen LogP contribution in [0.5, 0.6) is 0 Å². The Hall–Kier alpha value is -1.85. The molecular weight excluding hydrogens is 326 g/mol. The number of amides is 1. The molecule has 130 valence electrons. The molecule has 0 radical (unpaired) electrons. The van der Waals surface area contributed by atoms with Gasteiger partial charge in [0.2, 0.25) is 5.91 Å². The molecule has 1 aliphatic heterocycles. The SMILES string of the molecule is CNC(=O)C1(Cc2cc(-c3ccc(C)cc3)no2)CCCNC1.Cl. The predicted molar refractivity (Wildman–Crippen MR) is 96.2 cm³/mol. The molecule has 1 aromatic carbocycles. The van der Waals surface area contributed by atoms with Crippen LogP contribution < -0.4 is 10.6 Å². The molecule has 1 aromatic heterocycles. The van der Waals surface area contributed by atoms with Crippen LogP contribution in [0.1, 0.15) is 24.2 Å². The number of nitrogens with zero attached hydrogens (tertiary/aromatic N) is 1. The van der Waals surface area contributed by atoms with Crippen molar-refractivity contribution >= 4 is 18.3 Å². The predicted octanol–water partition coefficient (Wildman–Crippen LogP) is 2.73. The normalized spacial score (nSPS) is 20.2. The molecular formula is C18H24ClN3O2. The maximum atomic E-state index is 12.4. The van der Waals surface area contributed by atoms with Crippen LogP contribution in [0.15, 0.2) is 34.9 Å². The molecule has 1 unspecified atom stereocenters. The van der Waals surface area contributed by atoms with E-state index in [-0.39, 0.29) is 18.3 Å². The molecule has 0 spiro atoms. The minimum Gasteiger partial charge on any atom is -0.361 e. The molecule has 1 atom stereocenters. The summed E-state index contributed by atoms with van der Waals surface area (Å²) in [5.41, 5.74) is 2.61. The van der Waals surface area contributed by atoms with E-state index in [9.17, 15) is 4.79 Å². The Balaban J connectivity index is 0.00000208. The lowest BCUT2D eigenvalue weighted by atomic mass is 9.76. The number of carbonyl (C=O) groups excluding carboxylic acids is 1. The first kappa shape index (κ1) is 18.5. The Morgan fingerprint density at radius 1 is 1.38 bits per heavy atom. The maximum absolute atomic E-state index is 12.4. The lowest BCUT2D eigenvalue weighted by molar-refractivity contribution is -0.131. The molecule has 1 saturated heterocycles. The molecule has 0 aliphatic carbocycles. The first-order valence-corrected chi connectivity index (χ1v) is 8.08. The number of carbonyl (C=O) groups is 1. The van der Waals surface area contributed by atoms with Crippen molar-refractivity contribution in [2.24, 2.45) is 5.41 Å². The second kappa shape index (κ2) is 7.81. The second-order valence-electron chi connectivity index (χ2n) is 6.36. The molecule has 0 bridgehead atoms.